The number of fused-ring (bicyclic) bond motifs is 10. The van der Waals surface area contributed by atoms with Gasteiger partial charge >= 0.3 is 0 Å². The van der Waals surface area contributed by atoms with E-state index in [-0.39, 0.29) is 16.2 Å². The van der Waals surface area contributed by atoms with Gasteiger partial charge in [0.2, 0.25) is 0 Å². The number of benzene rings is 13. The molecule has 3 aliphatic carbocycles. The van der Waals surface area contributed by atoms with Gasteiger partial charge in [-0.3, -0.25) is 0 Å². The SMILES string of the molecule is CC1(C)c2ccccc2-c2ccc(-c3cccc(-c4cc(-c5cccc(-c6ccc7c(c6)C(C)(C)c6cc8c(cc6-7)C(C)(C)c6cc7ccc9cccc%10ccc(c6-8)c7c9%10)c5)cc(-c5ccccc5)c4-c4ccccc4)c3)cc21. The Morgan fingerprint density at radius 2 is 0.658 bits per heavy atom. The second-order valence-electron chi connectivity index (χ2n) is 24.4. The van der Waals surface area contributed by atoms with Gasteiger partial charge in [0.15, 0.2) is 0 Å². The highest BCUT2D eigenvalue weighted by molar-refractivity contribution is 6.26. The Bertz CT molecular complexity index is 4700. The number of hydrogen-bond donors (Lipinski definition) is 0. The van der Waals surface area contributed by atoms with Crippen molar-refractivity contribution in [3.8, 4) is 100 Å². The summed E-state index contributed by atoms with van der Waals surface area (Å²) < 4.78 is 0. The summed E-state index contributed by atoms with van der Waals surface area (Å²) in [5.74, 6) is 0. The molecule has 0 heteroatoms. The molecule has 0 atom stereocenters. The molecule has 13 aromatic carbocycles. The first-order valence-corrected chi connectivity index (χ1v) is 28.2. The maximum absolute atomic E-state index is 2.58. The minimum absolute atomic E-state index is 0.0784. The van der Waals surface area contributed by atoms with Crippen molar-refractivity contribution in [2.24, 2.45) is 0 Å². The summed E-state index contributed by atoms with van der Waals surface area (Å²) >= 11 is 0. The van der Waals surface area contributed by atoms with Crippen molar-refractivity contribution in [2.75, 3.05) is 0 Å². The summed E-state index contributed by atoms with van der Waals surface area (Å²) in [7, 11) is 0. The van der Waals surface area contributed by atoms with Crippen molar-refractivity contribution >= 4 is 32.3 Å². The van der Waals surface area contributed by atoms with Crippen LogP contribution in [-0.4, -0.2) is 0 Å². The molecule has 3 aliphatic rings. The van der Waals surface area contributed by atoms with E-state index in [4.69, 9.17) is 0 Å². The molecular formula is C79H58. The van der Waals surface area contributed by atoms with Crippen molar-refractivity contribution in [1.82, 2.24) is 0 Å². The fourth-order valence-corrected chi connectivity index (χ4v) is 14.8. The van der Waals surface area contributed by atoms with Crippen LogP contribution in [0, 0.1) is 0 Å². The van der Waals surface area contributed by atoms with E-state index in [1.807, 2.05) is 0 Å². The maximum Gasteiger partial charge on any atom is 0.0159 e. The average molecular weight is 1010 g/mol. The summed E-state index contributed by atoms with van der Waals surface area (Å²) in [5.41, 5.74) is 30.8. The van der Waals surface area contributed by atoms with Crippen molar-refractivity contribution in [3.05, 3.63) is 276 Å². The largest absolute Gasteiger partial charge is 0.0622 e. The van der Waals surface area contributed by atoms with E-state index in [9.17, 15) is 0 Å². The van der Waals surface area contributed by atoms with E-state index in [1.165, 1.54) is 166 Å². The summed E-state index contributed by atoms with van der Waals surface area (Å²) in [6.07, 6.45) is 0. The van der Waals surface area contributed by atoms with Gasteiger partial charge in [-0.15, -0.1) is 0 Å². The Morgan fingerprint density at radius 3 is 1.35 bits per heavy atom. The molecule has 13 aromatic rings. The number of hydrogen-bond acceptors (Lipinski definition) is 0. The van der Waals surface area contributed by atoms with Gasteiger partial charge in [-0.05, 0) is 220 Å². The van der Waals surface area contributed by atoms with E-state index in [2.05, 4.69) is 284 Å². The molecule has 0 saturated heterocycles. The highest BCUT2D eigenvalue weighted by atomic mass is 14.5. The molecule has 0 bridgehead atoms. The van der Waals surface area contributed by atoms with Crippen LogP contribution < -0.4 is 0 Å². The third-order valence-corrected chi connectivity index (χ3v) is 19.0. The summed E-state index contributed by atoms with van der Waals surface area (Å²) in [4.78, 5) is 0. The van der Waals surface area contributed by atoms with E-state index in [1.54, 1.807) is 0 Å². The molecule has 0 fully saturated rings. The lowest BCUT2D eigenvalue weighted by molar-refractivity contribution is 0.652. The molecule has 79 heavy (non-hydrogen) atoms. The van der Waals surface area contributed by atoms with Crippen LogP contribution in [0.5, 0.6) is 0 Å². The minimum atomic E-state index is -0.202. The van der Waals surface area contributed by atoms with Crippen LogP contribution in [-0.2, 0) is 16.2 Å². The van der Waals surface area contributed by atoms with Gasteiger partial charge in [0.05, 0.1) is 0 Å². The fourth-order valence-electron chi connectivity index (χ4n) is 14.8. The third-order valence-electron chi connectivity index (χ3n) is 19.0. The minimum Gasteiger partial charge on any atom is -0.0622 e. The zero-order valence-corrected chi connectivity index (χ0v) is 45.6. The van der Waals surface area contributed by atoms with Gasteiger partial charge in [0.1, 0.15) is 0 Å². The molecule has 0 unspecified atom stereocenters. The smallest absolute Gasteiger partial charge is 0.0159 e. The lowest BCUT2D eigenvalue weighted by atomic mass is 9.79. The van der Waals surface area contributed by atoms with Gasteiger partial charge < -0.3 is 0 Å². The molecule has 0 radical (unpaired) electrons. The molecule has 16 rings (SSSR count). The van der Waals surface area contributed by atoms with E-state index in [0.717, 1.165) is 0 Å². The highest BCUT2D eigenvalue weighted by Gasteiger charge is 2.43. The Hall–Kier alpha value is -9.10. The van der Waals surface area contributed by atoms with Crippen LogP contribution in [0.25, 0.3) is 132 Å². The monoisotopic (exact) mass is 1010 g/mol. The Balaban J connectivity index is 0.811. The molecule has 0 spiro atoms. The third kappa shape index (κ3) is 6.62. The molecule has 0 heterocycles. The summed E-state index contributed by atoms with van der Waals surface area (Å²) in [5, 5.41) is 8.10. The van der Waals surface area contributed by atoms with Crippen molar-refractivity contribution in [3.63, 3.8) is 0 Å². The fraction of sp³-hybridized carbons (Fsp3) is 0.114. The van der Waals surface area contributed by atoms with E-state index in [0.29, 0.717) is 0 Å². The van der Waals surface area contributed by atoms with E-state index < -0.39 is 0 Å². The first kappa shape index (κ1) is 46.0. The van der Waals surface area contributed by atoms with Gasteiger partial charge in [0, 0.05) is 16.2 Å². The second-order valence-corrected chi connectivity index (χ2v) is 24.4. The second kappa shape index (κ2) is 16.5. The topological polar surface area (TPSA) is 0 Å². The molecule has 0 aromatic heterocycles. The first-order valence-electron chi connectivity index (χ1n) is 28.2. The van der Waals surface area contributed by atoms with Crippen LogP contribution in [0.1, 0.15) is 74.9 Å². The van der Waals surface area contributed by atoms with Crippen molar-refractivity contribution < 1.29 is 0 Å². The standard InChI is InChI=1S/C79H58/c1-77(2)67-29-14-13-28-59(67)60-35-33-55(42-68(60)77)52-25-17-27-56(39-52)64-41-58(40-63(47-18-9-7-10-19-47)74(64)48-20-11-8-12-21-48)53-26-16-24-51(38-53)54-34-36-61-65-45-71-66(46-70(65)78(3,4)69(61)43-54)76-62-37-32-50-23-15-22-49-30-31-57(75(62)73(49)50)44-72(76)79(71,5)6/h7-46H,1-6H3. The Morgan fingerprint density at radius 1 is 0.203 bits per heavy atom. The number of rotatable bonds is 6. The average Bonchev–Trinajstić information content (AvgIpc) is 3.97. The lowest BCUT2D eigenvalue weighted by Crippen LogP contribution is -2.17. The maximum atomic E-state index is 2.58. The lowest BCUT2D eigenvalue weighted by Gasteiger charge is -2.24. The highest BCUT2D eigenvalue weighted by Crippen LogP contribution is 2.59. The predicted molar refractivity (Wildman–Crippen MR) is 335 cm³/mol. The van der Waals surface area contributed by atoms with Crippen LogP contribution in [0.15, 0.2) is 243 Å². The molecule has 0 amide bonds. The van der Waals surface area contributed by atoms with Crippen LogP contribution >= 0.6 is 0 Å². The molecule has 0 nitrogen and oxygen atoms in total. The molecule has 374 valence electrons. The van der Waals surface area contributed by atoms with E-state index >= 15 is 0 Å². The molecule has 0 saturated carbocycles. The van der Waals surface area contributed by atoms with Crippen molar-refractivity contribution in [2.45, 2.75) is 57.8 Å². The molecule has 0 N–H and O–H groups in total. The van der Waals surface area contributed by atoms with Gasteiger partial charge in [-0.1, -0.05) is 230 Å². The van der Waals surface area contributed by atoms with Crippen LogP contribution in [0.2, 0.25) is 0 Å². The molecular weight excluding hydrogens is 949 g/mol. The summed E-state index contributed by atoms with van der Waals surface area (Å²) in [6, 6.07) is 92.4. The zero-order valence-electron chi connectivity index (χ0n) is 45.6. The Labute approximate surface area is 463 Å². The summed E-state index contributed by atoms with van der Waals surface area (Å²) in [6.45, 7) is 14.5. The molecule has 0 aliphatic heterocycles. The predicted octanol–water partition coefficient (Wildman–Crippen LogP) is 21.5. The van der Waals surface area contributed by atoms with Gasteiger partial charge in [-0.2, -0.15) is 0 Å². The van der Waals surface area contributed by atoms with Crippen molar-refractivity contribution in [1.29, 1.82) is 0 Å². The zero-order chi connectivity index (χ0) is 53.1. The Kier molecular flexibility index (Phi) is 9.59. The quantitative estimate of drug-likeness (QED) is 0.146. The van der Waals surface area contributed by atoms with Gasteiger partial charge in [-0.25, -0.2) is 0 Å². The van der Waals surface area contributed by atoms with Crippen LogP contribution in [0.4, 0.5) is 0 Å². The first-order chi connectivity index (χ1) is 38.4. The normalized spacial score (nSPS) is 14.8. The van der Waals surface area contributed by atoms with Gasteiger partial charge in [0.25, 0.3) is 0 Å². The van der Waals surface area contributed by atoms with Crippen LogP contribution in [0.3, 0.4) is 0 Å².